The van der Waals surface area contributed by atoms with Gasteiger partial charge in [0, 0.05) is 36.3 Å². The van der Waals surface area contributed by atoms with E-state index in [0.717, 1.165) is 50.0 Å². The molecule has 4 rings (SSSR count). The minimum absolute atomic E-state index is 0. The van der Waals surface area contributed by atoms with Crippen molar-refractivity contribution in [2.24, 2.45) is 23.5 Å². The van der Waals surface area contributed by atoms with Crippen LogP contribution in [0.5, 0.6) is 0 Å². The van der Waals surface area contributed by atoms with Crippen molar-refractivity contribution in [2.75, 3.05) is 16.8 Å². The first-order chi connectivity index (χ1) is 12.1. The summed E-state index contributed by atoms with van der Waals surface area (Å²) in [7, 11) is 0. The normalized spacial score (nSPS) is 30.7. The highest BCUT2D eigenvalue weighted by atomic mass is 35.5. The lowest BCUT2D eigenvalue weighted by Gasteiger charge is -2.43. The quantitative estimate of drug-likeness (QED) is 0.848. The molecule has 1 aromatic rings. The van der Waals surface area contributed by atoms with Crippen LogP contribution in [0.3, 0.4) is 0 Å². The van der Waals surface area contributed by atoms with Crippen molar-refractivity contribution in [2.45, 2.75) is 51.0 Å². The number of nitrogens with one attached hydrogen (secondary N) is 1. The van der Waals surface area contributed by atoms with E-state index in [1.165, 1.54) is 6.42 Å². The Morgan fingerprint density at radius 2 is 1.88 bits per heavy atom. The molecule has 2 atom stereocenters. The minimum atomic E-state index is 0. The Hall–Kier alpha value is -1.59. The molecule has 3 fully saturated rings. The van der Waals surface area contributed by atoms with Crippen LogP contribution in [0.15, 0.2) is 24.3 Å². The minimum Gasteiger partial charge on any atom is -0.327 e. The maximum atomic E-state index is 12.8. The largest absolute Gasteiger partial charge is 0.327 e. The zero-order valence-corrected chi connectivity index (χ0v) is 15.8. The summed E-state index contributed by atoms with van der Waals surface area (Å²) in [6, 6.07) is 7.93. The second-order valence-corrected chi connectivity index (χ2v) is 7.89. The number of hydrogen-bond donors (Lipinski definition) is 2. The van der Waals surface area contributed by atoms with Gasteiger partial charge in [-0.1, -0.05) is 12.5 Å². The monoisotopic (exact) mass is 377 g/mol. The van der Waals surface area contributed by atoms with Crippen molar-refractivity contribution < 1.29 is 9.59 Å². The molecule has 0 aromatic heterocycles. The van der Waals surface area contributed by atoms with Crippen LogP contribution in [-0.4, -0.2) is 24.4 Å². The average Bonchev–Trinajstić information content (AvgIpc) is 3.01. The Morgan fingerprint density at radius 3 is 2.54 bits per heavy atom. The summed E-state index contributed by atoms with van der Waals surface area (Å²) in [5, 5.41) is 3.08. The third-order valence-electron chi connectivity index (χ3n) is 6.28. The molecule has 5 nitrogen and oxygen atoms in total. The number of fused-ring (bicyclic) bond motifs is 2. The summed E-state index contributed by atoms with van der Waals surface area (Å²) in [6.45, 7) is 0.764. The zero-order chi connectivity index (χ0) is 17.4. The van der Waals surface area contributed by atoms with Gasteiger partial charge in [-0.05, 0) is 62.1 Å². The molecule has 2 saturated carbocycles. The molecule has 26 heavy (non-hydrogen) atoms. The van der Waals surface area contributed by atoms with Crippen LogP contribution in [0.1, 0.15) is 44.9 Å². The predicted molar refractivity (Wildman–Crippen MR) is 105 cm³/mol. The molecule has 0 spiro atoms. The molecule has 2 aliphatic carbocycles. The van der Waals surface area contributed by atoms with Gasteiger partial charge in [-0.25, -0.2) is 0 Å². The van der Waals surface area contributed by atoms with Crippen LogP contribution in [0, 0.1) is 17.8 Å². The van der Waals surface area contributed by atoms with E-state index in [1.807, 2.05) is 24.3 Å². The second kappa shape index (κ2) is 7.97. The van der Waals surface area contributed by atoms with Crippen LogP contribution in [0.4, 0.5) is 11.4 Å². The Bertz CT molecular complexity index is 667. The van der Waals surface area contributed by atoms with Crippen molar-refractivity contribution in [3.63, 3.8) is 0 Å². The van der Waals surface area contributed by atoms with E-state index < -0.39 is 0 Å². The maximum Gasteiger partial charge on any atom is 0.227 e. The number of halogens is 1. The molecular weight excluding hydrogens is 350 g/mol. The molecule has 1 heterocycles. The molecule has 2 bridgehead atoms. The number of carbonyl (C=O) groups excluding carboxylic acids is 2. The average molecular weight is 378 g/mol. The lowest BCUT2D eigenvalue weighted by atomic mass is 9.65. The molecule has 142 valence electrons. The summed E-state index contributed by atoms with van der Waals surface area (Å²) in [5.41, 5.74) is 7.99. The summed E-state index contributed by atoms with van der Waals surface area (Å²) in [4.78, 5) is 26.5. The molecule has 6 heteroatoms. The Balaban J connectivity index is 0.00000196. The number of amides is 2. The summed E-state index contributed by atoms with van der Waals surface area (Å²) in [5.74, 6) is 1.33. The summed E-state index contributed by atoms with van der Waals surface area (Å²) in [6.07, 6.45) is 6.91. The summed E-state index contributed by atoms with van der Waals surface area (Å²) < 4.78 is 0. The van der Waals surface area contributed by atoms with Gasteiger partial charge in [0.1, 0.15) is 0 Å². The third kappa shape index (κ3) is 3.74. The first kappa shape index (κ1) is 19.2. The van der Waals surface area contributed by atoms with E-state index in [0.29, 0.717) is 18.3 Å². The Labute approximate surface area is 161 Å². The standard InChI is InChI=1S/C20H27N3O2.ClH/c21-19-13-4-1-5-14(19)11-15(10-13)20(25)22-16-6-2-7-17(12-16)23-9-3-8-18(23)24;/h2,6-7,12-15,19H,1,3-5,8-11,21H2,(H,22,25);1H. The smallest absolute Gasteiger partial charge is 0.227 e. The second-order valence-electron chi connectivity index (χ2n) is 7.89. The summed E-state index contributed by atoms with van der Waals surface area (Å²) >= 11 is 0. The van der Waals surface area contributed by atoms with E-state index in [9.17, 15) is 9.59 Å². The van der Waals surface area contributed by atoms with Crippen LogP contribution >= 0.6 is 12.4 Å². The zero-order valence-electron chi connectivity index (χ0n) is 15.0. The van der Waals surface area contributed by atoms with E-state index in [4.69, 9.17) is 5.73 Å². The first-order valence-electron chi connectivity index (χ1n) is 9.58. The van der Waals surface area contributed by atoms with Gasteiger partial charge < -0.3 is 16.0 Å². The van der Waals surface area contributed by atoms with Gasteiger partial charge in [-0.2, -0.15) is 0 Å². The molecular formula is C20H28ClN3O2. The third-order valence-corrected chi connectivity index (χ3v) is 6.28. The molecule has 1 saturated heterocycles. The molecule has 1 aromatic carbocycles. The lowest BCUT2D eigenvalue weighted by Crippen LogP contribution is -2.48. The van der Waals surface area contributed by atoms with E-state index in [2.05, 4.69) is 5.32 Å². The maximum absolute atomic E-state index is 12.8. The van der Waals surface area contributed by atoms with Crippen LogP contribution in [0.25, 0.3) is 0 Å². The van der Waals surface area contributed by atoms with Gasteiger partial charge in [-0.3, -0.25) is 9.59 Å². The molecule has 2 amide bonds. The molecule has 1 aliphatic heterocycles. The van der Waals surface area contributed by atoms with Gasteiger partial charge in [0.2, 0.25) is 11.8 Å². The van der Waals surface area contributed by atoms with E-state index in [-0.39, 0.29) is 36.2 Å². The first-order valence-corrected chi connectivity index (χ1v) is 9.58. The van der Waals surface area contributed by atoms with Crippen molar-refractivity contribution in [1.82, 2.24) is 0 Å². The van der Waals surface area contributed by atoms with E-state index >= 15 is 0 Å². The Kier molecular flexibility index (Phi) is 5.88. The van der Waals surface area contributed by atoms with Crippen molar-refractivity contribution in [3.8, 4) is 0 Å². The van der Waals surface area contributed by atoms with Gasteiger partial charge in [-0.15, -0.1) is 12.4 Å². The van der Waals surface area contributed by atoms with Crippen molar-refractivity contribution in [1.29, 1.82) is 0 Å². The van der Waals surface area contributed by atoms with Crippen LogP contribution < -0.4 is 16.0 Å². The molecule has 0 radical (unpaired) electrons. The number of anilines is 2. The van der Waals surface area contributed by atoms with Gasteiger partial charge >= 0.3 is 0 Å². The van der Waals surface area contributed by atoms with Gasteiger partial charge in [0.25, 0.3) is 0 Å². The number of rotatable bonds is 3. The fourth-order valence-electron chi connectivity index (χ4n) is 4.92. The SMILES string of the molecule is Cl.NC1C2CCCC1CC(C(=O)Nc1cccc(N3CCCC3=O)c1)C2. The van der Waals surface area contributed by atoms with E-state index in [1.54, 1.807) is 4.90 Å². The highest BCUT2D eigenvalue weighted by Gasteiger charge is 2.40. The molecule has 2 unspecified atom stereocenters. The fraction of sp³-hybridized carbons (Fsp3) is 0.600. The van der Waals surface area contributed by atoms with Gasteiger partial charge in [0.05, 0.1) is 0 Å². The highest BCUT2D eigenvalue weighted by molar-refractivity contribution is 5.97. The number of nitrogens with two attached hydrogens (primary N) is 1. The molecule has 3 aliphatic rings. The predicted octanol–water partition coefficient (Wildman–Crippen LogP) is 3.33. The number of nitrogens with zero attached hydrogens (tertiary/aromatic N) is 1. The van der Waals surface area contributed by atoms with Crippen LogP contribution in [0.2, 0.25) is 0 Å². The number of benzene rings is 1. The van der Waals surface area contributed by atoms with Crippen molar-refractivity contribution in [3.05, 3.63) is 24.3 Å². The lowest BCUT2D eigenvalue weighted by molar-refractivity contribution is -0.122. The molecule has 3 N–H and O–H groups in total. The Morgan fingerprint density at radius 1 is 1.15 bits per heavy atom. The fourth-order valence-corrected chi connectivity index (χ4v) is 4.92. The topological polar surface area (TPSA) is 75.4 Å². The van der Waals surface area contributed by atoms with Crippen molar-refractivity contribution >= 4 is 35.6 Å². The van der Waals surface area contributed by atoms with Gasteiger partial charge in [0.15, 0.2) is 0 Å². The highest BCUT2D eigenvalue weighted by Crippen LogP contribution is 2.42. The number of carbonyl (C=O) groups is 2. The number of hydrogen-bond acceptors (Lipinski definition) is 3. The van der Waals surface area contributed by atoms with Crippen LogP contribution in [-0.2, 0) is 9.59 Å².